The first-order valence-corrected chi connectivity index (χ1v) is 7.93. The number of hydrogen-bond acceptors (Lipinski definition) is 3. The van der Waals surface area contributed by atoms with Gasteiger partial charge >= 0.3 is 0 Å². The van der Waals surface area contributed by atoms with Crippen molar-refractivity contribution < 1.29 is 9.53 Å². The number of carbonyl (C=O) groups excluding carboxylic acids is 1. The molecule has 1 aromatic heterocycles. The molecule has 0 radical (unpaired) electrons. The molecule has 0 bridgehead atoms. The van der Waals surface area contributed by atoms with Crippen LogP contribution in [0.4, 0.5) is 0 Å². The Bertz CT molecular complexity index is 903. The van der Waals surface area contributed by atoms with Crippen molar-refractivity contribution in [3.8, 4) is 5.75 Å². The molecule has 1 N–H and O–H groups in total. The molecule has 0 amide bonds. The lowest BCUT2D eigenvalue weighted by atomic mass is 10.1. The van der Waals surface area contributed by atoms with Gasteiger partial charge < -0.3 is 9.72 Å². The van der Waals surface area contributed by atoms with Gasteiger partial charge in [0.25, 0.3) is 0 Å². The summed E-state index contributed by atoms with van der Waals surface area (Å²) in [6.45, 7) is 0.406. The zero-order chi connectivity index (χ0) is 16.2. The maximum absolute atomic E-state index is 11.7. The van der Waals surface area contributed by atoms with Gasteiger partial charge in [-0.25, -0.2) is 0 Å². The molecule has 0 saturated carbocycles. The SMILES string of the molecule is O=C(Br)Cc1ccc(OCc2ccccc2)c2[nH]c(=O)ccc12. The van der Waals surface area contributed by atoms with Crippen molar-refractivity contribution in [2.75, 3.05) is 0 Å². The standard InChI is InChI=1S/C18H14BrNO3/c19-16(21)10-13-6-8-15(18-14(13)7-9-17(22)20-18)23-11-12-4-2-1-3-5-12/h1-9H,10-11H2,(H,20,22). The molecule has 2 aromatic carbocycles. The van der Waals surface area contributed by atoms with E-state index in [0.717, 1.165) is 16.5 Å². The molecule has 3 rings (SSSR count). The molecule has 0 spiro atoms. The minimum absolute atomic E-state index is 0.108. The summed E-state index contributed by atoms with van der Waals surface area (Å²) in [6.07, 6.45) is 0.251. The largest absolute Gasteiger partial charge is 0.487 e. The number of H-pyrrole nitrogens is 1. The Hall–Kier alpha value is -2.40. The van der Waals surface area contributed by atoms with Crippen LogP contribution in [0.3, 0.4) is 0 Å². The Balaban J connectivity index is 1.98. The Morgan fingerprint density at radius 1 is 1.04 bits per heavy atom. The summed E-state index contributed by atoms with van der Waals surface area (Å²) >= 11 is 2.95. The average molecular weight is 372 g/mol. The van der Waals surface area contributed by atoms with Gasteiger partial charge in [-0.3, -0.25) is 9.59 Å². The molecule has 4 nitrogen and oxygen atoms in total. The smallest absolute Gasteiger partial charge is 0.248 e. The van der Waals surface area contributed by atoms with Crippen LogP contribution in [0.1, 0.15) is 11.1 Å². The highest BCUT2D eigenvalue weighted by atomic mass is 79.9. The van der Waals surface area contributed by atoms with Crippen LogP contribution in [-0.4, -0.2) is 9.68 Å². The lowest BCUT2D eigenvalue weighted by Crippen LogP contribution is -2.06. The number of aromatic nitrogens is 1. The highest BCUT2D eigenvalue weighted by Gasteiger charge is 2.10. The molecule has 0 aliphatic rings. The van der Waals surface area contributed by atoms with E-state index in [0.29, 0.717) is 17.9 Å². The molecule has 0 aliphatic carbocycles. The van der Waals surface area contributed by atoms with Crippen molar-refractivity contribution in [2.45, 2.75) is 13.0 Å². The van der Waals surface area contributed by atoms with Crippen LogP contribution in [0.15, 0.2) is 59.4 Å². The van der Waals surface area contributed by atoms with E-state index < -0.39 is 0 Å². The summed E-state index contributed by atoms with van der Waals surface area (Å²) in [5, 5.41) is 0.808. The van der Waals surface area contributed by atoms with Crippen LogP contribution >= 0.6 is 15.9 Å². The maximum atomic E-state index is 11.7. The molecule has 3 aromatic rings. The molecule has 5 heteroatoms. The monoisotopic (exact) mass is 371 g/mol. The number of halogens is 1. The summed E-state index contributed by atoms with van der Waals surface area (Å²) in [6, 6.07) is 16.6. The van der Waals surface area contributed by atoms with Gasteiger partial charge in [0.2, 0.25) is 10.3 Å². The van der Waals surface area contributed by atoms with E-state index in [1.807, 2.05) is 36.4 Å². The highest BCUT2D eigenvalue weighted by molar-refractivity contribution is 9.18. The summed E-state index contributed by atoms with van der Waals surface area (Å²) in [7, 11) is 0. The molecular formula is C18H14BrNO3. The summed E-state index contributed by atoms with van der Waals surface area (Å²) in [5.41, 5.74) is 2.29. The number of aromatic amines is 1. The van der Waals surface area contributed by atoms with E-state index in [2.05, 4.69) is 20.9 Å². The van der Waals surface area contributed by atoms with E-state index >= 15 is 0 Å². The first-order valence-electron chi connectivity index (χ1n) is 7.13. The minimum atomic E-state index is -0.204. The van der Waals surface area contributed by atoms with Crippen molar-refractivity contribution in [1.82, 2.24) is 4.98 Å². The number of ether oxygens (including phenoxy) is 1. The fourth-order valence-corrected chi connectivity index (χ4v) is 2.75. The van der Waals surface area contributed by atoms with E-state index in [-0.39, 0.29) is 16.7 Å². The fourth-order valence-electron chi connectivity index (χ4n) is 2.45. The van der Waals surface area contributed by atoms with Crippen molar-refractivity contribution in [3.05, 3.63) is 76.1 Å². The van der Waals surface area contributed by atoms with Crippen molar-refractivity contribution in [3.63, 3.8) is 0 Å². The van der Waals surface area contributed by atoms with Crippen LogP contribution in [0.5, 0.6) is 5.75 Å². The Kier molecular flexibility index (Phi) is 4.57. The maximum Gasteiger partial charge on any atom is 0.248 e. The van der Waals surface area contributed by atoms with Crippen molar-refractivity contribution in [2.24, 2.45) is 0 Å². The number of hydrogen-bond donors (Lipinski definition) is 1. The van der Waals surface area contributed by atoms with Crippen LogP contribution < -0.4 is 10.3 Å². The first kappa shape index (κ1) is 15.5. The third kappa shape index (κ3) is 3.68. The number of benzene rings is 2. The zero-order valence-electron chi connectivity index (χ0n) is 12.2. The zero-order valence-corrected chi connectivity index (χ0v) is 13.8. The minimum Gasteiger partial charge on any atom is -0.487 e. The predicted octanol–water partition coefficient (Wildman–Crippen LogP) is 3.57. The quantitative estimate of drug-likeness (QED) is 0.697. The van der Waals surface area contributed by atoms with Crippen LogP contribution in [0.25, 0.3) is 10.9 Å². The van der Waals surface area contributed by atoms with Gasteiger partial charge in [-0.2, -0.15) is 0 Å². The lowest BCUT2D eigenvalue weighted by molar-refractivity contribution is -0.109. The van der Waals surface area contributed by atoms with E-state index in [1.165, 1.54) is 6.07 Å². The average Bonchev–Trinajstić information content (AvgIpc) is 2.54. The first-order chi connectivity index (χ1) is 11.1. The number of carbonyl (C=O) groups is 1. The van der Waals surface area contributed by atoms with E-state index in [9.17, 15) is 9.59 Å². The number of pyridine rings is 1. The molecule has 116 valence electrons. The van der Waals surface area contributed by atoms with Crippen molar-refractivity contribution in [1.29, 1.82) is 0 Å². The molecule has 0 aliphatic heterocycles. The van der Waals surface area contributed by atoms with Gasteiger partial charge in [-0.15, -0.1) is 0 Å². The number of nitrogens with one attached hydrogen (secondary N) is 1. The summed E-state index contributed by atoms with van der Waals surface area (Å²) in [4.78, 5) is 25.8. The van der Waals surface area contributed by atoms with Crippen LogP contribution in [-0.2, 0) is 17.8 Å². The predicted molar refractivity (Wildman–Crippen MR) is 93.0 cm³/mol. The van der Waals surface area contributed by atoms with Gasteiger partial charge in [0, 0.05) is 17.9 Å². The Labute approximate surface area is 141 Å². The van der Waals surface area contributed by atoms with Crippen LogP contribution in [0, 0.1) is 0 Å². The molecule has 0 saturated heterocycles. The Morgan fingerprint density at radius 2 is 1.83 bits per heavy atom. The van der Waals surface area contributed by atoms with Crippen molar-refractivity contribution >= 4 is 31.5 Å². The summed E-state index contributed by atoms with van der Waals surface area (Å²) in [5.74, 6) is 0.590. The van der Waals surface area contributed by atoms with E-state index in [4.69, 9.17) is 4.74 Å². The molecular weight excluding hydrogens is 358 g/mol. The number of fused-ring (bicyclic) bond motifs is 1. The lowest BCUT2D eigenvalue weighted by Gasteiger charge is -2.11. The molecule has 0 atom stereocenters. The molecule has 23 heavy (non-hydrogen) atoms. The molecule has 1 heterocycles. The van der Waals surface area contributed by atoms with E-state index in [1.54, 1.807) is 12.1 Å². The second-order valence-electron chi connectivity index (χ2n) is 5.14. The molecule has 0 fully saturated rings. The van der Waals surface area contributed by atoms with Gasteiger partial charge in [-0.05, 0) is 39.2 Å². The second-order valence-corrected chi connectivity index (χ2v) is 6.02. The second kappa shape index (κ2) is 6.79. The van der Waals surface area contributed by atoms with Gasteiger partial charge in [-0.1, -0.05) is 36.4 Å². The fraction of sp³-hybridized carbons (Fsp3) is 0.111. The van der Waals surface area contributed by atoms with Gasteiger partial charge in [0.1, 0.15) is 12.4 Å². The molecule has 0 unspecified atom stereocenters. The summed E-state index contributed by atoms with van der Waals surface area (Å²) < 4.78 is 5.75. The third-order valence-electron chi connectivity index (χ3n) is 3.51. The van der Waals surface area contributed by atoms with Gasteiger partial charge in [0.05, 0.1) is 5.52 Å². The van der Waals surface area contributed by atoms with Crippen LogP contribution in [0.2, 0.25) is 0 Å². The third-order valence-corrected chi connectivity index (χ3v) is 3.79. The highest BCUT2D eigenvalue weighted by Crippen LogP contribution is 2.27. The topological polar surface area (TPSA) is 59.2 Å². The normalized spacial score (nSPS) is 10.7. The number of rotatable bonds is 5. The van der Waals surface area contributed by atoms with Gasteiger partial charge in [0.15, 0.2) is 0 Å². The Morgan fingerprint density at radius 3 is 2.57 bits per heavy atom.